The van der Waals surface area contributed by atoms with E-state index in [2.05, 4.69) is 4.98 Å². The Morgan fingerprint density at radius 2 is 2.33 bits per heavy atom. The Morgan fingerprint density at radius 1 is 1.58 bits per heavy atom. The Morgan fingerprint density at radius 3 is 2.92 bits per heavy atom. The number of aliphatic hydroxyl groups is 1. The lowest BCUT2D eigenvalue weighted by Crippen LogP contribution is -2.05. The molecule has 1 aromatic heterocycles. The molecule has 0 fully saturated rings. The van der Waals surface area contributed by atoms with Crippen LogP contribution in [0, 0.1) is 0 Å². The molecule has 1 heterocycles. The van der Waals surface area contributed by atoms with Gasteiger partial charge in [-0.1, -0.05) is 0 Å². The number of nitrogens with zero attached hydrogens (tertiary/aromatic N) is 1. The number of hydrogen-bond acceptors (Lipinski definition) is 3. The summed E-state index contributed by atoms with van der Waals surface area (Å²) in [4.78, 5) is 14.4. The minimum Gasteiger partial charge on any atom is -0.478 e. The third-order valence-electron chi connectivity index (χ3n) is 1.47. The van der Waals surface area contributed by atoms with E-state index in [1.807, 2.05) is 0 Å². The van der Waals surface area contributed by atoms with E-state index in [-0.39, 0.29) is 18.6 Å². The molecule has 0 aromatic carbocycles. The first-order chi connectivity index (χ1) is 5.75. The zero-order chi connectivity index (χ0) is 8.97. The Bertz CT molecular complexity index is 285. The van der Waals surface area contributed by atoms with Gasteiger partial charge >= 0.3 is 5.97 Å². The second-order valence-electron chi connectivity index (χ2n) is 2.28. The molecule has 64 valence electrons. The van der Waals surface area contributed by atoms with Crippen LogP contribution in [-0.4, -0.2) is 27.8 Å². The first-order valence-corrected chi connectivity index (χ1v) is 3.53. The molecule has 4 nitrogen and oxygen atoms in total. The number of hydrogen-bond donors (Lipinski definition) is 2. The highest BCUT2D eigenvalue weighted by molar-refractivity contribution is 5.88. The second-order valence-corrected chi connectivity index (χ2v) is 2.28. The van der Waals surface area contributed by atoms with E-state index in [1.165, 1.54) is 12.3 Å². The van der Waals surface area contributed by atoms with Crippen molar-refractivity contribution in [2.24, 2.45) is 0 Å². The summed E-state index contributed by atoms with van der Waals surface area (Å²) in [5.41, 5.74) is 0.582. The molecular formula is C8H9NO3. The fraction of sp³-hybridized carbons (Fsp3) is 0.250. The number of carboxylic acids is 1. The van der Waals surface area contributed by atoms with Gasteiger partial charge in [-0.2, -0.15) is 0 Å². The summed E-state index contributed by atoms with van der Waals surface area (Å²) >= 11 is 0. The van der Waals surface area contributed by atoms with E-state index >= 15 is 0 Å². The van der Waals surface area contributed by atoms with Crippen molar-refractivity contribution in [3.63, 3.8) is 0 Å². The second kappa shape index (κ2) is 3.82. The van der Waals surface area contributed by atoms with Crippen molar-refractivity contribution < 1.29 is 15.0 Å². The molecule has 0 radical (unpaired) electrons. The van der Waals surface area contributed by atoms with E-state index in [1.54, 1.807) is 6.07 Å². The Kier molecular flexibility index (Phi) is 2.76. The molecule has 0 amide bonds. The molecule has 0 saturated heterocycles. The van der Waals surface area contributed by atoms with E-state index in [9.17, 15) is 4.79 Å². The fourth-order valence-corrected chi connectivity index (χ4v) is 0.938. The summed E-state index contributed by atoms with van der Waals surface area (Å²) in [6.07, 6.45) is 1.79. The molecule has 0 saturated carbocycles. The molecule has 0 aliphatic carbocycles. The van der Waals surface area contributed by atoms with Crippen molar-refractivity contribution in [2.45, 2.75) is 6.42 Å². The topological polar surface area (TPSA) is 70.4 Å². The Hall–Kier alpha value is -1.42. The van der Waals surface area contributed by atoms with Gasteiger partial charge in [-0.15, -0.1) is 0 Å². The molecule has 0 atom stereocenters. The normalized spacial score (nSPS) is 9.75. The number of aliphatic hydroxyl groups excluding tert-OH is 1. The number of carboxylic acid groups (broad SMARTS) is 1. The van der Waals surface area contributed by atoms with Crippen LogP contribution < -0.4 is 0 Å². The smallest absolute Gasteiger partial charge is 0.337 e. The zero-order valence-electron chi connectivity index (χ0n) is 6.40. The Labute approximate surface area is 69.5 Å². The van der Waals surface area contributed by atoms with Crippen LogP contribution in [0.5, 0.6) is 0 Å². The van der Waals surface area contributed by atoms with Crippen molar-refractivity contribution >= 4 is 5.97 Å². The van der Waals surface area contributed by atoms with Gasteiger partial charge < -0.3 is 10.2 Å². The summed E-state index contributed by atoms with van der Waals surface area (Å²) in [6, 6.07) is 3.03. The van der Waals surface area contributed by atoms with Crippen LogP contribution in [0.4, 0.5) is 0 Å². The average molecular weight is 167 g/mol. The highest BCUT2D eigenvalue weighted by atomic mass is 16.4. The van der Waals surface area contributed by atoms with Gasteiger partial charge in [-0.05, 0) is 12.1 Å². The van der Waals surface area contributed by atoms with E-state index in [0.717, 1.165) is 0 Å². The molecule has 1 aromatic rings. The maximum absolute atomic E-state index is 10.6. The van der Waals surface area contributed by atoms with Crippen LogP contribution in [0.3, 0.4) is 0 Å². The van der Waals surface area contributed by atoms with Crippen molar-refractivity contribution in [3.8, 4) is 0 Å². The van der Waals surface area contributed by atoms with Crippen LogP contribution in [0.1, 0.15) is 16.1 Å². The van der Waals surface area contributed by atoms with Gasteiger partial charge in [0, 0.05) is 19.2 Å². The molecule has 0 spiro atoms. The van der Waals surface area contributed by atoms with Crippen LogP contribution in [0.25, 0.3) is 0 Å². The lowest BCUT2D eigenvalue weighted by molar-refractivity contribution is 0.0695. The lowest BCUT2D eigenvalue weighted by Gasteiger charge is -2.00. The van der Waals surface area contributed by atoms with E-state index < -0.39 is 5.97 Å². The van der Waals surface area contributed by atoms with Crippen molar-refractivity contribution in [3.05, 3.63) is 29.6 Å². The third-order valence-corrected chi connectivity index (χ3v) is 1.47. The molecule has 0 unspecified atom stereocenters. The maximum atomic E-state index is 10.6. The molecule has 12 heavy (non-hydrogen) atoms. The first kappa shape index (κ1) is 8.67. The predicted octanol–water partition coefficient (Wildman–Crippen LogP) is 0.315. The number of aromatic carboxylic acids is 1. The Balaban J connectivity index is 3.00. The summed E-state index contributed by atoms with van der Waals surface area (Å²) in [6.45, 7) is -0.0860. The number of rotatable bonds is 3. The highest BCUT2D eigenvalue weighted by Crippen LogP contribution is 2.05. The SMILES string of the molecule is O=C(O)c1cccnc1CCO. The number of pyridine rings is 1. The quantitative estimate of drug-likeness (QED) is 0.679. The van der Waals surface area contributed by atoms with Gasteiger partial charge in [0.25, 0.3) is 0 Å². The fourth-order valence-electron chi connectivity index (χ4n) is 0.938. The summed E-state index contributed by atoms with van der Waals surface area (Å²) in [5, 5.41) is 17.3. The number of aromatic nitrogens is 1. The lowest BCUT2D eigenvalue weighted by atomic mass is 10.1. The monoisotopic (exact) mass is 167 g/mol. The van der Waals surface area contributed by atoms with Gasteiger partial charge in [-0.25, -0.2) is 4.79 Å². The first-order valence-electron chi connectivity index (χ1n) is 3.53. The average Bonchev–Trinajstić information content (AvgIpc) is 2.05. The van der Waals surface area contributed by atoms with Crippen molar-refractivity contribution in [1.29, 1.82) is 0 Å². The molecule has 0 aliphatic heterocycles. The number of carbonyl (C=O) groups is 1. The van der Waals surface area contributed by atoms with E-state index in [4.69, 9.17) is 10.2 Å². The summed E-state index contributed by atoms with van der Waals surface area (Å²) in [5.74, 6) is -1.01. The zero-order valence-corrected chi connectivity index (χ0v) is 6.40. The molecule has 0 bridgehead atoms. The van der Waals surface area contributed by atoms with E-state index in [0.29, 0.717) is 5.69 Å². The van der Waals surface area contributed by atoms with Gasteiger partial charge in [0.1, 0.15) is 0 Å². The standard InChI is InChI=1S/C8H9NO3/c10-5-3-7-6(8(11)12)2-1-4-9-7/h1-2,4,10H,3,5H2,(H,11,12). The molecule has 2 N–H and O–H groups in total. The summed E-state index contributed by atoms with van der Waals surface area (Å²) in [7, 11) is 0. The largest absolute Gasteiger partial charge is 0.478 e. The molecule has 4 heteroatoms. The van der Waals surface area contributed by atoms with Gasteiger partial charge in [0.15, 0.2) is 0 Å². The molecular weight excluding hydrogens is 158 g/mol. The van der Waals surface area contributed by atoms with Crippen LogP contribution in [0.2, 0.25) is 0 Å². The molecule has 1 rings (SSSR count). The minimum absolute atomic E-state index is 0.0860. The van der Waals surface area contributed by atoms with Gasteiger partial charge in [0.05, 0.1) is 11.3 Å². The molecule has 0 aliphatic rings. The van der Waals surface area contributed by atoms with Crippen LogP contribution in [-0.2, 0) is 6.42 Å². The van der Waals surface area contributed by atoms with Crippen molar-refractivity contribution in [1.82, 2.24) is 4.98 Å². The van der Waals surface area contributed by atoms with Gasteiger partial charge in [0.2, 0.25) is 0 Å². The summed E-state index contributed by atoms with van der Waals surface area (Å²) < 4.78 is 0. The third kappa shape index (κ3) is 1.79. The van der Waals surface area contributed by atoms with Crippen molar-refractivity contribution in [2.75, 3.05) is 6.61 Å². The maximum Gasteiger partial charge on any atom is 0.337 e. The minimum atomic E-state index is -1.01. The van der Waals surface area contributed by atoms with Crippen LogP contribution >= 0.6 is 0 Å². The highest BCUT2D eigenvalue weighted by Gasteiger charge is 2.08. The van der Waals surface area contributed by atoms with Gasteiger partial charge in [-0.3, -0.25) is 4.98 Å². The van der Waals surface area contributed by atoms with Crippen LogP contribution in [0.15, 0.2) is 18.3 Å². The predicted molar refractivity (Wildman–Crippen MR) is 42.0 cm³/mol.